The summed E-state index contributed by atoms with van der Waals surface area (Å²) in [7, 11) is 0. The van der Waals surface area contributed by atoms with E-state index in [1.165, 1.54) is 5.56 Å². The maximum absolute atomic E-state index is 11.4. The average Bonchev–Trinajstić information content (AvgIpc) is 2.47. The van der Waals surface area contributed by atoms with Gasteiger partial charge in [0.2, 0.25) is 5.95 Å². The molecule has 116 valence electrons. The quantitative estimate of drug-likeness (QED) is 0.674. The molecule has 0 saturated carbocycles. The minimum Gasteiger partial charge on any atom is -0.288 e. The van der Waals surface area contributed by atoms with Crippen molar-refractivity contribution in [2.75, 3.05) is 5.43 Å². The summed E-state index contributed by atoms with van der Waals surface area (Å²) < 4.78 is 0. The van der Waals surface area contributed by atoms with Gasteiger partial charge < -0.3 is 0 Å². The van der Waals surface area contributed by atoms with Crippen molar-refractivity contribution in [1.82, 2.24) is 15.2 Å². The largest absolute Gasteiger partial charge is 0.288 e. The molecule has 0 saturated heterocycles. The molecule has 22 heavy (non-hydrogen) atoms. The molecule has 0 spiro atoms. The number of H-pyrrole nitrogens is 1. The van der Waals surface area contributed by atoms with Crippen LogP contribution in [0.5, 0.6) is 0 Å². The topological polar surface area (TPSA) is 83.0 Å². The fourth-order valence-corrected chi connectivity index (χ4v) is 1.86. The summed E-state index contributed by atoms with van der Waals surface area (Å²) >= 11 is 0. The third-order valence-corrected chi connectivity index (χ3v) is 3.36. The fraction of sp³-hybridized carbons (Fsp3) is 0.375. The molecule has 2 N–H and O–H groups in total. The fourth-order valence-electron chi connectivity index (χ4n) is 1.86. The lowest BCUT2D eigenvalue weighted by atomic mass is 9.86. The maximum atomic E-state index is 11.4. The van der Waals surface area contributed by atoms with E-state index in [4.69, 9.17) is 0 Å². The number of rotatable bonds is 3. The zero-order valence-corrected chi connectivity index (χ0v) is 13.6. The third kappa shape index (κ3) is 3.78. The van der Waals surface area contributed by atoms with Gasteiger partial charge in [0.15, 0.2) is 0 Å². The predicted molar refractivity (Wildman–Crippen MR) is 88.4 cm³/mol. The molecule has 0 aliphatic heterocycles. The summed E-state index contributed by atoms with van der Waals surface area (Å²) in [6.07, 6.45) is 0. The van der Waals surface area contributed by atoms with E-state index in [-0.39, 0.29) is 16.9 Å². The molecule has 0 bridgehead atoms. The standard InChI is InChI=1S/C16H21N5O/c1-10(12-6-8-13(9-7-12)16(3,4)5)18-20-15-17-14(22)11(2)19-21-15/h6-9H,1-5H3,(H2,17,20,21,22). The Kier molecular flexibility index (Phi) is 4.40. The molecular weight excluding hydrogens is 278 g/mol. The van der Waals surface area contributed by atoms with E-state index in [1.807, 2.05) is 19.1 Å². The Bertz CT molecular complexity index is 738. The van der Waals surface area contributed by atoms with Crippen LogP contribution in [0, 0.1) is 6.92 Å². The number of benzene rings is 1. The van der Waals surface area contributed by atoms with Crippen molar-refractivity contribution < 1.29 is 0 Å². The molecule has 6 heteroatoms. The van der Waals surface area contributed by atoms with Crippen molar-refractivity contribution in [3.05, 3.63) is 51.4 Å². The predicted octanol–water partition coefficient (Wildman–Crippen LogP) is 2.61. The lowest BCUT2D eigenvalue weighted by Crippen LogP contribution is -2.16. The summed E-state index contributed by atoms with van der Waals surface area (Å²) in [6, 6.07) is 8.26. The normalized spacial score (nSPS) is 12.3. The highest BCUT2D eigenvalue weighted by molar-refractivity contribution is 5.99. The number of hydrogen-bond acceptors (Lipinski definition) is 5. The highest BCUT2D eigenvalue weighted by Gasteiger charge is 2.13. The van der Waals surface area contributed by atoms with Gasteiger partial charge in [-0.05, 0) is 30.4 Å². The van der Waals surface area contributed by atoms with Crippen LogP contribution in [-0.2, 0) is 5.41 Å². The van der Waals surface area contributed by atoms with Crippen molar-refractivity contribution in [2.45, 2.75) is 40.0 Å². The molecule has 2 rings (SSSR count). The number of aromatic amines is 1. The second-order valence-corrected chi connectivity index (χ2v) is 6.22. The number of aryl methyl sites for hydroxylation is 1. The number of hydrazone groups is 1. The first kappa shape index (κ1) is 15.9. The maximum Gasteiger partial charge on any atom is 0.274 e. The van der Waals surface area contributed by atoms with Gasteiger partial charge in [-0.25, -0.2) is 5.43 Å². The van der Waals surface area contributed by atoms with E-state index in [1.54, 1.807) is 6.92 Å². The van der Waals surface area contributed by atoms with Crippen LogP contribution in [0.15, 0.2) is 34.2 Å². The molecular formula is C16H21N5O. The molecule has 0 aliphatic rings. The van der Waals surface area contributed by atoms with Gasteiger partial charge in [0.1, 0.15) is 5.69 Å². The van der Waals surface area contributed by atoms with E-state index < -0.39 is 0 Å². The zero-order chi connectivity index (χ0) is 16.3. The first-order valence-electron chi connectivity index (χ1n) is 7.12. The average molecular weight is 299 g/mol. The monoisotopic (exact) mass is 299 g/mol. The smallest absolute Gasteiger partial charge is 0.274 e. The first-order valence-corrected chi connectivity index (χ1v) is 7.12. The number of anilines is 1. The Morgan fingerprint density at radius 2 is 1.82 bits per heavy atom. The number of nitrogens with zero attached hydrogens (tertiary/aromatic N) is 3. The lowest BCUT2D eigenvalue weighted by Gasteiger charge is -2.19. The summed E-state index contributed by atoms with van der Waals surface area (Å²) in [5.41, 5.74) is 5.95. The molecule has 0 unspecified atom stereocenters. The van der Waals surface area contributed by atoms with Crippen molar-refractivity contribution >= 4 is 11.7 Å². The van der Waals surface area contributed by atoms with Gasteiger partial charge in [0, 0.05) is 0 Å². The molecule has 1 heterocycles. The molecule has 0 amide bonds. The lowest BCUT2D eigenvalue weighted by molar-refractivity contribution is 0.590. The van der Waals surface area contributed by atoms with E-state index in [2.05, 4.69) is 58.6 Å². The summed E-state index contributed by atoms with van der Waals surface area (Å²) in [5, 5.41) is 11.8. The summed E-state index contributed by atoms with van der Waals surface area (Å²) in [6.45, 7) is 10.0. The minimum absolute atomic E-state index is 0.124. The minimum atomic E-state index is -0.278. The van der Waals surface area contributed by atoms with Gasteiger partial charge in [-0.2, -0.15) is 5.10 Å². The molecule has 1 aromatic heterocycles. The number of aromatic nitrogens is 3. The number of nitrogens with one attached hydrogen (secondary N) is 2. The van der Waals surface area contributed by atoms with E-state index in [0.717, 1.165) is 11.3 Å². The summed E-state index contributed by atoms with van der Waals surface area (Å²) in [5.74, 6) is 0.223. The highest BCUT2D eigenvalue weighted by atomic mass is 16.1. The molecule has 0 aliphatic carbocycles. The summed E-state index contributed by atoms with van der Waals surface area (Å²) in [4.78, 5) is 14.0. The SMILES string of the molecule is CC(=NNc1nnc(C)c(=O)[nH]1)c1ccc(C(C)(C)C)cc1. The van der Waals surface area contributed by atoms with Crippen LogP contribution in [0.25, 0.3) is 0 Å². The van der Waals surface area contributed by atoms with Gasteiger partial charge >= 0.3 is 0 Å². The molecule has 2 aromatic rings. The van der Waals surface area contributed by atoms with E-state index >= 15 is 0 Å². The molecule has 0 atom stereocenters. The van der Waals surface area contributed by atoms with Gasteiger partial charge in [0.25, 0.3) is 5.56 Å². The number of hydrogen-bond donors (Lipinski definition) is 2. The second kappa shape index (κ2) is 6.09. The zero-order valence-electron chi connectivity index (χ0n) is 13.6. The Morgan fingerprint density at radius 3 is 2.36 bits per heavy atom. The van der Waals surface area contributed by atoms with Gasteiger partial charge in [-0.3, -0.25) is 9.78 Å². The van der Waals surface area contributed by atoms with Crippen LogP contribution in [-0.4, -0.2) is 20.9 Å². The van der Waals surface area contributed by atoms with Gasteiger partial charge in [0.05, 0.1) is 5.71 Å². The van der Waals surface area contributed by atoms with Crippen molar-refractivity contribution in [1.29, 1.82) is 0 Å². The Labute approximate surface area is 129 Å². The van der Waals surface area contributed by atoms with Crippen LogP contribution in [0.1, 0.15) is 44.5 Å². The Morgan fingerprint density at radius 1 is 1.18 bits per heavy atom. The van der Waals surface area contributed by atoms with Crippen LogP contribution in [0.2, 0.25) is 0 Å². The highest BCUT2D eigenvalue weighted by Crippen LogP contribution is 2.22. The van der Waals surface area contributed by atoms with Crippen LogP contribution in [0.4, 0.5) is 5.95 Å². The van der Waals surface area contributed by atoms with Gasteiger partial charge in [-0.1, -0.05) is 45.0 Å². The van der Waals surface area contributed by atoms with E-state index in [9.17, 15) is 4.79 Å². The third-order valence-electron chi connectivity index (χ3n) is 3.36. The first-order chi connectivity index (χ1) is 10.3. The van der Waals surface area contributed by atoms with Crippen molar-refractivity contribution in [2.24, 2.45) is 5.10 Å². The van der Waals surface area contributed by atoms with Gasteiger partial charge in [-0.15, -0.1) is 10.2 Å². The molecule has 6 nitrogen and oxygen atoms in total. The van der Waals surface area contributed by atoms with Crippen molar-refractivity contribution in [3.63, 3.8) is 0 Å². The molecule has 1 aromatic carbocycles. The van der Waals surface area contributed by atoms with E-state index in [0.29, 0.717) is 5.69 Å². The Hall–Kier alpha value is -2.50. The second-order valence-electron chi connectivity index (χ2n) is 6.22. The van der Waals surface area contributed by atoms with Crippen LogP contribution < -0.4 is 11.0 Å². The molecule has 0 radical (unpaired) electrons. The Balaban J connectivity index is 2.15. The van der Waals surface area contributed by atoms with Crippen LogP contribution >= 0.6 is 0 Å². The van der Waals surface area contributed by atoms with Crippen LogP contribution in [0.3, 0.4) is 0 Å². The van der Waals surface area contributed by atoms with Crippen molar-refractivity contribution in [3.8, 4) is 0 Å². The molecule has 0 fully saturated rings.